The highest BCUT2D eigenvalue weighted by Crippen LogP contribution is 2.39. The fraction of sp³-hybridized carbons (Fsp3) is 0.619. The van der Waals surface area contributed by atoms with E-state index in [2.05, 4.69) is 15.5 Å². The monoisotopic (exact) mass is 385 g/mol. The van der Waals surface area contributed by atoms with Crippen molar-refractivity contribution >= 4 is 11.9 Å². The lowest BCUT2D eigenvalue weighted by atomic mass is 9.79. The van der Waals surface area contributed by atoms with Gasteiger partial charge in [0.05, 0.1) is 17.0 Å². The van der Waals surface area contributed by atoms with Crippen molar-refractivity contribution in [2.24, 2.45) is 11.8 Å². The van der Waals surface area contributed by atoms with Gasteiger partial charge < -0.3 is 14.7 Å². The molecule has 0 atom stereocenters. The fourth-order valence-corrected chi connectivity index (χ4v) is 3.68. The molecule has 1 aliphatic carbocycles. The Bertz CT molecular complexity index is 807. The Balaban J connectivity index is 1.74. The van der Waals surface area contributed by atoms with Gasteiger partial charge >= 0.3 is 0 Å². The van der Waals surface area contributed by atoms with Gasteiger partial charge in [0, 0.05) is 44.7 Å². The van der Waals surface area contributed by atoms with E-state index in [0.29, 0.717) is 17.8 Å². The Hall–Kier alpha value is -2.44. The summed E-state index contributed by atoms with van der Waals surface area (Å²) in [4.78, 5) is 23.1. The van der Waals surface area contributed by atoms with Crippen LogP contribution in [0.25, 0.3) is 11.3 Å². The number of carbonyl (C=O) groups excluding carboxylic acids is 1. The lowest BCUT2D eigenvalue weighted by molar-refractivity contribution is -0.124. The SMILES string of the molecule is Cc1cc(-c2cnc(N(C)C)nc2C2CCC(CNC(=O)C(C)C)CC2)on1. The summed E-state index contributed by atoms with van der Waals surface area (Å²) in [6.45, 7) is 6.54. The molecule has 1 N–H and O–H groups in total. The summed E-state index contributed by atoms with van der Waals surface area (Å²) in [5.74, 6) is 2.50. The average molecular weight is 386 g/mol. The molecule has 1 aliphatic rings. The van der Waals surface area contributed by atoms with Crippen molar-refractivity contribution in [3.8, 4) is 11.3 Å². The van der Waals surface area contributed by atoms with E-state index < -0.39 is 0 Å². The second-order valence-electron chi connectivity index (χ2n) is 8.31. The van der Waals surface area contributed by atoms with Crippen LogP contribution in [-0.4, -0.2) is 41.7 Å². The molecule has 2 heterocycles. The van der Waals surface area contributed by atoms with Crippen LogP contribution in [0.15, 0.2) is 16.8 Å². The summed E-state index contributed by atoms with van der Waals surface area (Å²) in [6, 6.07) is 1.94. The summed E-state index contributed by atoms with van der Waals surface area (Å²) in [7, 11) is 3.90. The van der Waals surface area contributed by atoms with Crippen LogP contribution in [0.3, 0.4) is 0 Å². The molecule has 0 aliphatic heterocycles. The van der Waals surface area contributed by atoms with Gasteiger partial charge in [-0.05, 0) is 38.5 Å². The van der Waals surface area contributed by atoms with Crippen LogP contribution in [0.1, 0.15) is 56.8 Å². The first kappa shape index (κ1) is 20.3. The van der Waals surface area contributed by atoms with Gasteiger partial charge in [-0.1, -0.05) is 19.0 Å². The van der Waals surface area contributed by atoms with E-state index in [0.717, 1.165) is 54.9 Å². The van der Waals surface area contributed by atoms with Gasteiger partial charge in [0.1, 0.15) is 0 Å². The van der Waals surface area contributed by atoms with E-state index in [-0.39, 0.29) is 11.8 Å². The number of amides is 1. The van der Waals surface area contributed by atoms with E-state index in [1.165, 1.54) is 0 Å². The van der Waals surface area contributed by atoms with Crippen LogP contribution in [0, 0.1) is 18.8 Å². The maximum absolute atomic E-state index is 11.8. The summed E-state index contributed by atoms with van der Waals surface area (Å²) in [6.07, 6.45) is 6.11. The van der Waals surface area contributed by atoms with Crippen LogP contribution in [-0.2, 0) is 4.79 Å². The maximum atomic E-state index is 11.8. The van der Waals surface area contributed by atoms with Crippen molar-refractivity contribution in [3.05, 3.63) is 23.7 Å². The van der Waals surface area contributed by atoms with E-state index in [4.69, 9.17) is 9.51 Å². The Morgan fingerprint density at radius 3 is 2.57 bits per heavy atom. The third kappa shape index (κ3) is 4.69. The van der Waals surface area contributed by atoms with Gasteiger partial charge in [-0.3, -0.25) is 4.79 Å². The zero-order chi connectivity index (χ0) is 20.3. The molecule has 0 aromatic carbocycles. The van der Waals surface area contributed by atoms with Gasteiger partial charge in [0.15, 0.2) is 5.76 Å². The zero-order valence-corrected chi connectivity index (χ0v) is 17.5. The second kappa shape index (κ2) is 8.71. The summed E-state index contributed by atoms with van der Waals surface area (Å²) < 4.78 is 5.50. The number of aromatic nitrogens is 3. The van der Waals surface area contributed by atoms with Crippen LogP contribution in [0.5, 0.6) is 0 Å². The van der Waals surface area contributed by atoms with Gasteiger partial charge in [0.25, 0.3) is 0 Å². The van der Waals surface area contributed by atoms with Crippen LogP contribution in [0.2, 0.25) is 0 Å². The van der Waals surface area contributed by atoms with Crippen molar-refractivity contribution in [3.63, 3.8) is 0 Å². The molecule has 0 radical (unpaired) electrons. The molecule has 1 amide bonds. The zero-order valence-electron chi connectivity index (χ0n) is 17.5. The molecule has 0 saturated heterocycles. The minimum Gasteiger partial charge on any atom is -0.356 e. The molecule has 7 nitrogen and oxygen atoms in total. The van der Waals surface area contributed by atoms with Crippen LogP contribution < -0.4 is 10.2 Å². The van der Waals surface area contributed by atoms with Gasteiger partial charge in [0.2, 0.25) is 11.9 Å². The number of carbonyl (C=O) groups is 1. The Morgan fingerprint density at radius 1 is 1.29 bits per heavy atom. The molecule has 2 aromatic heterocycles. The molecule has 152 valence electrons. The number of nitrogens with zero attached hydrogens (tertiary/aromatic N) is 4. The molecule has 1 fully saturated rings. The van der Waals surface area contributed by atoms with E-state index in [1.54, 1.807) is 0 Å². The molecule has 28 heavy (non-hydrogen) atoms. The first-order chi connectivity index (χ1) is 13.3. The third-order valence-corrected chi connectivity index (χ3v) is 5.42. The largest absolute Gasteiger partial charge is 0.356 e. The predicted octanol–water partition coefficient (Wildman–Crippen LogP) is 3.55. The lowest BCUT2D eigenvalue weighted by Crippen LogP contribution is -2.33. The van der Waals surface area contributed by atoms with Crippen molar-refractivity contribution in [1.82, 2.24) is 20.4 Å². The number of anilines is 1. The number of hydrogen-bond donors (Lipinski definition) is 1. The normalized spacial score (nSPS) is 19.6. The first-order valence-corrected chi connectivity index (χ1v) is 10.1. The standard InChI is InChI=1S/C21H31N5O2/c1-13(2)20(27)22-11-15-6-8-16(9-7-15)19-17(18-10-14(3)25-28-18)12-23-21(24-19)26(4)5/h10,12-13,15-16H,6-9,11H2,1-5H3,(H,22,27). The first-order valence-electron chi connectivity index (χ1n) is 10.1. The average Bonchev–Trinajstić information content (AvgIpc) is 3.12. The number of nitrogens with one attached hydrogen (secondary N) is 1. The molecular formula is C21H31N5O2. The van der Waals surface area contributed by atoms with Crippen molar-refractivity contribution in [2.45, 2.75) is 52.4 Å². The van der Waals surface area contributed by atoms with Crippen LogP contribution in [0.4, 0.5) is 5.95 Å². The quantitative estimate of drug-likeness (QED) is 0.819. The number of hydrogen-bond acceptors (Lipinski definition) is 6. The van der Waals surface area contributed by atoms with Crippen molar-refractivity contribution in [1.29, 1.82) is 0 Å². The van der Waals surface area contributed by atoms with Crippen LogP contribution >= 0.6 is 0 Å². The fourth-order valence-electron chi connectivity index (χ4n) is 3.68. The highest BCUT2D eigenvalue weighted by atomic mass is 16.5. The summed E-state index contributed by atoms with van der Waals surface area (Å²) in [5, 5.41) is 7.10. The van der Waals surface area contributed by atoms with E-state index in [9.17, 15) is 4.79 Å². The minimum absolute atomic E-state index is 0.0368. The van der Waals surface area contributed by atoms with Crippen molar-refractivity contribution in [2.75, 3.05) is 25.5 Å². The molecule has 2 aromatic rings. The molecule has 1 saturated carbocycles. The van der Waals surface area contributed by atoms with E-state index >= 15 is 0 Å². The Morgan fingerprint density at radius 2 is 2.00 bits per heavy atom. The van der Waals surface area contributed by atoms with E-state index in [1.807, 2.05) is 52.0 Å². The van der Waals surface area contributed by atoms with Gasteiger partial charge in [-0.2, -0.15) is 0 Å². The van der Waals surface area contributed by atoms with Gasteiger partial charge in [-0.25, -0.2) is 9.97 Å². The predicted molar refractivity (Wildman–Crippen MR) is 109 cm³/mol. The maximum Gasteiger partial charge on any atom is 0.225 e. The van der Waals surface area contributed by atoms with Crippen molar-refractivity contribution < 1.29 is 9.32 Å². The highest BCUT2D eigenvalue weighted by molar-refractivity contribution is 5.77. The molecule has 0 unspecified atom stereocenters. The molecule has 0 spiro atoms. The molecule has 0 bridgehead atoms. The highest BCUT2D eigenvalue weighted by Gasteiger charge is 2.27. The molecule has 3 rings (SSSR count). The third-order valence-electron chi connectivity index (χ3n) is 5.42. The number of aryl methyl sites for hydroxylation is 1. The Labute approximate surface area is 166 Å². The number of rotatable bonds is 6. The molecule has 7 heteroatoms. The smallest absolute Gasteiger partial charge is 0.225 e. The summed E-state index contributed by atoms with van der Waals surface area (Å²) in [5.41, 5.74) is 2.82. The second-order valence-corrected chi connectivity index (χ2v) is 8.31. The lowest BCUT2D eigenvalue weighted by Gasteiger charge is -2.29. The Kier molecular flexibility index (Phi) is 6.31. The topological polar surface area (TPSA) is 84.2 Å². The van der Waals surface area contributed by atoms with Gasteiger partial charge in [-0.15, -0.1) is 0 Å². The molecular weight excluding hydrogens is 354 g/mol. The summed E-state index contributed by atoms with van der Waals surface area (Å²) >= 11 is 0. The minimum atomic E-state index is 0.0368.